The number of esters is 1. The van der Waals surface area contributed by atoms with Crippen LogP contribution in [0.15, 0.2) is 48.5 Å². The lowest BCUT2D eigenvalue weighted by molar-refractivity contribution is 0.0600. The van der Waals surface area contributed by atoms with E-state index in [9.17, 15) is 9.59 Å². The van der Waals surface area contributed by atoms with Crippen LogP contribution in [-0.2, 0) is 24.4 Å². The third-order valence-electron chi connectivity index (χ3n) is 5.23. The van der Waals surface area contributed by atoms with Gasteiger partial charge in [0.25, 0.3) is 0 Å². The maximum Gasteiger partial charge on any atom is 0.337 e. The van der Waals surface area contributed by atoms with Gasteiger partial charge in [0.05, 0.1) is 12.7 Å². The van der Waals surface area contributed by atoms with E-state index in [1.807, 2.05) is 6.07 Å². The molecule has 1 fully saturated rings. The third-order valence-corrected chi connectivity index (χ3v) is 5.23. The minimum absolute atomic E-state index is 0.213. The summed E-state index contributed by atoms with van der Waals surface area (Å²) in [6.07, 6.45) is 3.86. The molecule has 2 aromatic rings. The molecule has 0 saturated carbocycles. The summed E-state index contributed by atoms with van der Waals surface area (Å²) < 4.78 is 4.68. The molecule has 0 bridgehead atoms. The van der Waals surface area contributed by atoms with Crippen molar-refractivity contribution in [3.63, 3.8) is 0 Å². The highest BCUT2D eigenvalue weighted by Gasteiger charge is 2.13. The van der Waals surface area contributed by atoms with Crippen molar-refractivity contribution in [2.24, 2.45) is 0 Å². The number of rotatable bonds is 7. The quantitative estimate of drug-likeness (QED) is 0.705. The summed E-state index contributed by atoms with van der Waals surface area (Å²) in [6.45, 7) is 4.12. The summed E-state index contributed by atoms with van der Waals surface area (Å²) in [7, 11) is 1.35. The summed E-state index contributed by atoms with van der Waals surface area (Å²) in [5.41, 5.74) is 3.83. The highest BCUT2D eigenvalue weighted by Crippen LogP contribution is 2.16. The van der Waals surface area contributed by atoms with Crippen molar-refractivity contribution in [1.29, 1.82) is 0 Å². The van der Waals surface area contributed by atoms with Crippen LogP contribution >= 0.6 is 0 Å². The lowest BCUT2D eigenvalue weighted by Gasteiger charge is -2.27. The highest BCUT2D eigenvalue weighted by atomic mass is 16.5. The first kappa shape index (κ1) is 20.9. The highest BCUT2D eigenvalue weighted by molar-refractivity contribution is 5.89. The molecule has 6 heteroatoms. The average Bonchev–Trinajstić information content (AvgIpc) is 2.77. The largest absolute Gasteiger partial charge is 0.465 e. The molecule has 1 heterocycles. The van der Waals surface area contributed by atoms with Crippen molar-refractivity contribution in [2.75, 3.05) is 20.2 Å². The predicted octanol–water partition coefficient (Wildman–Crippen LogP) is 3.46. The van der Waals surface area contributed by atoms with E-state index in [-0.39, 0.29) is 12.0 Å². The molecule has 0 spiro atoms. The minimum Gasteiger partial charge on any atom is -0.465 e. The second-order valence-corrected chi connectivity index (χ2v) is 7.33. The van der Waals surface area contributed by atoms with Crippen molar-refractivity contribution in [3.05, 3.63) is 70.8 Å². The summed E-state index contributed by atoms with van der Waals surface area (Å²) in [5, 5.41) is 5.80. The number of nitrogens with one attached hydrogen (secondary N) is 2. The van der Waals surface area contributed by atoms with Gasteiger partial charge >= 0.3 is 12.0 Å². The minimum atomic E-state index is -0.370. The Balaban J connectivity index is 1.47. The van der Waals surface area contributed by atoms with Gasteiger partial charge in [0, 0.05) is 19.6 Å². The zero-order valence-electron chi connectivity index (χ0n) is 16.9. The Morgan fingerprint density at radius 2 is 1.55 bits per heavy atom. The molecular formula is C23H29N3O3. The van der Waals surface area contributed by atoms with Crippen LogP contribution in [0.1, 0.15) is 46.3 Å². The molecule has 2 aromatic carbocycles. The Kier molecular flexibility index (Phi) is 7.64. The van der Waals surface area contributed by atoms with Crippen LogP contribution in [0.3, 0.4) is 0 Å². The second-order valence-electron chi connectivity index (χ2n) is 7.33. The first-order valence-corrected chi connectivity index (χ1v) is 10.1. The fourth-order valence-electron chi connectivity index (χ4n) is 3.54. The van der Waals surface area contributed by atoms with E-state index in [2.05, 4.69) is 38.5 Å². The van der Waals surface area contributed by atoms with Gasteiger partial charge in [-0.25, -0.2) is 9.59 Å². The van der Waals surface area contributed by atoms with Gasteiger partial charge in [-0.1, -0.05) is 42.8 Å². The van der Waals surface area contributed by atoms with Gasteiger partial charge in [-0.15, -0.1) is 0 Å². The molecule has 154 valence electrons. The molecule has 0 unspecified atom stereocenters. The summed E-state index contributed by atoms with van der Waals surface area (Å²) in [6, 6.07) is 15.1. The molecule has 2 amide bonds. The Hall–Kier alpha value is -2.86. The van der Waals surface area contributed by atoms with Crippen molar-refractivity contribution in [1.82, 2.24) is 15.5 Å². The second kappa shape index (κ2) is 10.6. The van der Waals surface area contributed by atoms with Crippen molar-refractivity contribution < 1.29 is 14.3 Å². The first-order chi connectivity index (χ1) is 14.2. The number of piperidine rings is 1. The third kappa shape index (κ3) is 6.32. The van der Waals surface area contributed by atoms with E-state index in [0.29, 0.717) is 18.7 Å². The number of methoxy groups -OCH3 is 1. The summed E-state index contributed by atoms with van der Waals surface area (Å²) >= 11 is 0. The fraction of sp³-hybridized carbons (Fsp3) is 0.391. The number of carbonyl (C=O) groups excluding carboxylic acids is 2. The van der Waals surface area contributed by atoms with E-state index >= 15 is 0 Å². The van der Waals surface area contributed by atoms with E-state index in [1.165, 1.54) is 31.9 Å². The molecule has 0 aromatic heterocycles. The van der Waals surface area contributed by atoms with Gasteiger partial charge in [0.2, 0.25) is 0 Å². The van der Waals surface area contributed by atoms with Gasteiger partial charge in [-0.2, -0.15) is 0 Å². The molecule has 0 atom stereocenters. The first-order valence-electron chi connectivity index (χ1n) is 10.1. The molecule has 1 saturated heterocycles. The van der Waals surface area contributed by atoms with Crippen LogP contribution in [-0.4, -0.2) is 37.1 Å². The standard InChI is InChI=1S/C23H29N3O3/c1-29-22(27)19-11-9-18(10-12-19)15-24-23(28)25-16-20-7-3-4-8-21(20)17-26-13-5-2-6-14-26/h3-4,7-12H,2,5-6,13-17H2,1H3,(H2,24,25,28). The number of benzene rings is 2. The molecular weight excluding hydrogens is 366 g/mol. The van der Waals surface area contributed by atoms with E-state index in [0.717, 1.165) is 30.8 Å². The molecule has 6 nitrogen and oxygen atoms in total. The van der Waals surface area contributed by atoms with Gasteiger partial charge in [0.1, 0.15) is 0 Å². The number of amides is 2. The van der Waals surface area contributed by atoms with Gasteiger partial charge in [0.15, 0.2) is 0 Å². The van der Waals surface area contributed by atoms with Gasteiger partial charge < -0.3 is 15.4 Å². The lowest BCUT2D eigenvalue weighted by atomic mass is 10.0. The maximum atomic E-state index is 12.2. The Morgan fingerprint density at radius 3 is 2.24 bits per heavy atom. The van der Waals surface area contributed by atoms with E-state index in [4.69, 9.17) is 0 Å². The molecule has 29 heavy (non-hydrogen) atoms. The molecule has 0 radical (unpaired) electrons. The number of carbonyl (C=O) groups is 2. The number of hydrogen-bond donors (Lipinski definition) is 2. The van der Waals surface area contributed by atoms with Gasteiger partial charge in [-0.05, 0) is 54.8 Å². The Bertz CT molecular complexity index is 814. The number of likely N-dealkylation sites (tertiary alicyclic amines) is 1. The van der Waals surface area contributed by atoms with Crippen molar-refractivity contribution in [3.8, 4) is 0 Å². The number of ether oxygens (including phenoxy) is 1. The molecule has 3 rings (SSSR count). The van der Waals surface area contributed by atoms with Gasteiger partial charge in [-0.3, -0.25) is 4.90 Å². The van der Waals surface area contributed by atoms with Crippen LogP contribution in [0.4, 0.5) is 4.79 Å². The fourth-order valence-corrected chi connectivity index (χ4v) is 3.54. The monoisotopic (exact) mass is 395 g/mol. The Labute approximate surface area is 172 Å². The zero-order valence-corrected chi connectivity index (χ0v) is 16.9. The van der Waals surface area contributed by atoms with Crippen molar-refractivity contribution >= 4 is 12.0 Å². The predicted molar refractivity (Wildman–Crippen MR) is 112 cm³/mol. The average molecular weight is 396 g/mol. The van der Waals surface area contributed by atoms with Crippen LogP contribution in [0, 0.1) is 0 Å². The molecule has 2 N–H and O–H groups in total. The van der Waals surface area contributed by atoms with Crippen LogP contribution in [0.2, 0.25) is 0 Å². The van der Waals surface area contributed by atoms with E-state index < -0.39 is 0 Å². The van der Waals surface area contributed by atoms with Crippen LogP contribution in [0.25, 0.3) is 0 Å². The maximum absolute atomic E-state index is 12.2. The number of nitrogens with zero attached hydrogens (tertiary/aromatic N) is 1. The number of urea groups is 1. The summed E-state index contributed by atoms with van der Waals surface area (Å²) in [5.74, 6) is -0.370. The van der Waals surface area contributed by atoms with E-state index in [1.54, 1.807) is 24.3 Å². The number of hydrogen-bond acceptors (Lipinski definition) is 4. The molecule has 1 aliphatic heterocycles. The summed E-state index contributed by atoms with van der Waals surface area (Å²) in [4.78, 5) is 26.2. The topological polar surface area (TPSA) is 70.7 Å². The normalized spacial score (nSPS) is 14.2. The smallest absolute Gasteiger partial charge is 0.337 e. The zero-order chi connectivity index (χ0) is 20.5. The SMILES string of the molecule is COC(=O)c1ccc(CNC(=O)NCc2ccccc2CN2CCCCC2)cc1. The Morgan fingerprint density at radius 1 is 0.897 bits per heavy atom. The van der Waals surface area contributed by atoms with Crippen molar-refractivity contribution in [2.45, 2.75) is 38.9 Å². The van der Waals surface area contributed by atoms with Crippen LogP contribution in [0.5, 0.6) is 0 Å². The van der Waals surface area contributed by atoms with Crippen LogP contribution < -0.4 is 10.6 Å². The lowest BCUT2D eigenvalue weighted by Crippen LogP contribution is -2.35. The molecule has 0 aliphatic carbocycles. The molecule has 1 aliphatic rings.